The summed E-state index contributed by atoms with van der Waals surface area (Å²) in [4.78, 5) is 4.85. The van der Waals surface area contributed by atoms with Gasteiger partial charge in [-0.25, -0.2) is 0 Å². The molecule has 162 valence electrons. The molecule has 1 unspecified atom stereocenters. The van der Waals surface area contributed by atoms with Gasteiger partial charge in [-0.2, -0.15) is 13.2 Å². The summed E-state index contributed by atoms with van der Waals surface area (Å²) in [5.41, 5.74) is 1.59. The van der Waals surface area contributed by atoms with Gasteiger partial charge in [0.25, 0.3) is 0 Å². The Kier molecular flexibility index (Phi) is 6.76. The van der Waals surface area contributed by atoms with Crippen LogP contribution in [0, 0.1) is 0 Å². The van der Waals surface area contributed by atoms with Crippen molar-refractivity contribution in [2.75, 3.05) is 39.3 Å². The van der Waals surface area contributed by atoms with Crippen LogP contribution >= 0.6 is 0 Å². The lowest BCUT2D eigenvalue weighted by atomic mass is 9.88. The predicted octanol–water partition coefficient (Wildman–Crippen LogP) is 4.79. The highest BCUT2D eigenvalue weighted by Crippen LogP contribution is 2.34. The first-order valence-corrected chi connectivity index (χ1v) is 10.7. The number of nitrogens with zero attached hydrogens (tertiary/aromatic N) is 2. The third-order valence-electron chi connectivity index (χ3n) is 6.21. The second-order valence-corrected chi connectivity index (χ2v) is 8.41. The van der Waals surface area contributed by atoms with Crippen LogP contribution in [0.25, 0.3) is 0 Å². The summed E-state index contributed by atoms with van der Waals surface area (Å²) in [6.07, 6.45) is -2.31. The van der Waals surface area contributed by atoms with Crippen LogP contribution in [-0.4, -0.2) is 55.2 Å². The summed E-state index contributed by atoms with van der Waals surface area (Å²) >= 11 is 0. The van der Waals surface area contributed by atoms with Crippen LogP contribution in [0.1, 0.15) is 35.4 Å². The Hall–Kier alpha value is -1.89. The summed E-state index contributed by atoms with van der Waals surface area (Å²) in [6, 6.07) is 16.3. The van der Waals surface area contributed by atoms with E-state index in [2.05, 4.69) is 34.1 Å². The standard InChI is InChI=1S/C24H29F3N2O/c25-24(26,27)22-8-4-7-21(15-22)20-9-11-28(12-10-20)17-23-18-29(13-14-30-23)16-19-5-2-1-3-6-19/h1-8,15,20,23H,9-14,16-18H2. The third-order valence-corrected chi connectivity index (χ3v) is 6.21. The molecular weight excluding hydrogens is 389 g/mol. The molecule has 0 spiro atoms. The van der Waals surface area contributed by atoms with E-state index in [1.807, 2.05) is 12.1 Å². The molecule has 2 aliphatic heterocycles. The van der Waals surface area contributed by atoms with Gasteiger partial charge in [0, 0.05) is 26.2 Å². The van der Waals surface area contributed by atoms with E-state index in [1.54, 1.807) is 0 Å². The molecule has 1 atom stereocenters. The number of hydrogen-bond acceptors (Lipinski definition) is 3. The van der Waals surface area contributed by atoms with Crippen molar-refractivity contribution in [2.45, 2.75) is 37.6 Å². The van der Waals surface area contributed by atoms with Gasteiger partial charge in [0.15, 0.2) is 0 Å². The second kappa shape index (κ2) is 9.50. The smallest absolute Gasteiger partial charge is 0.374 e. The Balaban J connectivity index is 1.26. The molecule has 2 fully saturated rings. The third kappa shape index (κ3) is 5.62. The minimum absolute atomic E-state index is 0.188. The maximum atomic E-state index is 13.0. The van der Waals surface area contributed by atoms with Gasteiger partial charge in [-0.1, -0.05) is 48.5 Å². The van der Waals surface area contributed by atoms with Crippen LogP contribution in [0.2, 0.25) is 0 Å². The fraction of sp³-hybridized carbons (Fsp3) is 0.500. The number of morpholine rings is 1. The predicted molar refractivity (Wildman–Crippen MR) is 111 cm³/mol. The van der Waals surface area contributed by atoms with E-state index in [0.29, 0.717) is 0 Å². The number of piperidine rings is 1. The molecule has 30 heavy (non-hydrogen) atoms. The molecule has 0 amide bonds. The van der Waals surface area contributed by atoms with Crippen LogP contribution < -0.4 is 0 Å². The van der Waals surface area contributed by atoms with Crippen molar-refractivity contribution < 1.29 is 17.9 Å². The zero-order valence-electron chi connectivity index (χ0n) is 17.2. The number of likely N-dealkylation sites (tertiary alicyclic amines) is 1. The molecule has 4 rings (SSSR count). The SMILES string of the molecule is FC(F)(F)c1cccc(C2CCN(CC3CN(Cc4ccccc4)CCO3)CC2)c1. The van der Waals surface area contributed by atoms with Gasteiger partial charge >= 0.3 is 6.18 Å². The maximum absolute atomic E-state index is 13.0. The Bertz CT molecular complexity index is 804. The zero-order valence-corrected chi connectivity index (χ0v) is 17.2. The average molecular weight is 419 g/mol. The van der Waals surface area contributed by atoms with Crippen molar-refractivity contribution in [2.24, 2.45) is 0 Å². The van der Waals surface area contributed by atoms with Crippen molar-refractivity contribution in [3.8, 4) is 0 Å². The molecule has 2 aromatic rings. The molecule has 0 aromatic heterocycles. The van der Waals surface area contributed by atoms with Crippen molar-refractivity contribution >= 4 is 0 Å². The molecule has 0 bridgehead atoms. The first kappa shape index (κ1) is 21.3. The van der Waals surface area contributed by atoms with E-state index < -0.39 is 11.7 Å². The highest BCUT2D eigenvalue weighted by Gasteiger charge is 2.32. The molecule has 2 saturated heterocycles. The largest absolute Gasteiger partial charge is 0.416 e. The molecule has 0 saturated carbocycles. The van der Waals surface area contributed by atoms with Crippen LogP contribution in [0.3, 0.4) is 0 Å². The Morgan fingerprint density at radius 3 is 2.40 bits per heavy atom. The number of alkyl halides is 3. The Labute approximate surface area is 176 Å². The Morgan fingerprint density at radius 1 is 0.900 bits per heavy atom. The summed E-state index contributed by atoms with van der Waals surface area (Å²) in [5, 5.41) is 0. The van der Waals surface area contributed by atoms with E-state index in [-0.39, 0.29) is 12.0 Å². The fourth-order valence-corrected chi connectivity index (χ4v) is 4.58. The minimum atomic E-state index is -4.28. The van der Waals surface area contributed by atoms with Crippen molar-refractivity contribution in [1.29, 1.82) is 0 Å². The van der Waals surface area contributed by atoms with E-state index in [1.165, 1.54) is 17.7 Å². The lowest BCUT2D eigenvalue weighted by molar-refractivity contribution is -0.137. The molecule has 0 aliphatic carbocycles. The normalized spacial score (nSPS) is 22.3. The average Bonchev–Trinajstić information content (AvgIpc) is 2.75. The fourth-order valence-electron chi connectivity index (χ4n) is 4.58. The molecule has 0 radical (unpaired) electrons. The van der Waals surface area contributed by atoms with E-state index in [4.69, 9.17) is 4.74 Å². The summed E-state index contributed by atoms with van der Waals surface area (Å²) in [7, 11) is 0. The van der Waals surface area contributed by atoms with Gasteiger partial charge in [-0.3, -0.25) is 4.90 Å². The van der Waals surface area contributed by atoms with Crippen LogP contribution in [-0.2, 0) is 17.5 Å². The van der Waals surface area contributed by atoms with Gasteiger partial charge in [-0.15, -0.1) is 0 Å². The topological polar surface area (TPSA) is 15.7 Å². The second-order valence-electron chi connectivity index (χ2n) is 8.41. The lowest BCUT2D eigenvalue weighted by Gasteiger charge is -2.38. The van der Waals surface area contributed by atoms with Crippen molar-refractivity contribution in [1.82, 2.24) is 9.80 Å². The first-order chi connectivity index (χ1) is 14.5. The number of rotatable bonds is 5. The van der Waals surface area contributed by atoms with E-state index in [9.17, 15) is 13.2 Å². The van der Waals surface area contributed by atoms with Crippen LogP contribution in [0.15, 0.2) is 54.6 Å². The molecule has 2 aromatic carbocycles. The van der Waals surface area contributed by atoms with Gasteiger partial charge in [0.2, 0.25) is 0 Å². The first-order valence-electron chi connectivity index (χ1n) is 10.7. The van der Waals surface area contributed by atoms with Gasteiger partial charge in [0.1, 0.15) is 0 Å². The molecule has 2 heterocycles. The molecule has 2 aliphatic rings. The van der Waals surface area contributed by atoms with E-state index in [0.717, 1.165) is 70.3 Å². The number of ether oxygens (including phenoxy) is 1. The molecule has 6 heteroatoms. The summed E-state index contributed by atoms with van der Waals surface area (Å²) < 4.78 is 45.0. The van der Waals surface area contributed by atoms with Gasteiger partial charge in [0.05, 0.1) is 18.3 Å². The van der Waals surface area contributed by atoms with Gasteiger partial charge in [-0.05, 0) is 49.0 Å². The lowest BCUT2D eigenvalue weighted by Crippen LogP contribution is -2.48. The molecule has 0 N–H and O–H groups in total. The highest BCUT2D eigenvalue weighted by atomic mass is 19.4. The van der Waals surface area contributed by atoms with Gasteiger partial charge < -0.3 is 9.64 Å². The van der Waals surface area contributed by atoms with Crippen LogP contribution in [0.4, 0.5) is 13.2 Å². The summed E-state index contributed by atoms with van der Waals surface area (Å²) in [5.74, 6) is 0.199. The monoisotopic (exact) mass is 418 g/mol. The maximum Gasteiger partial charge on any atom is 0.416 e. The zero-order chi connectivity index (χ0) is 21.0. The van der Waals surface area contributed by atoms with Crippen molar-refractivity contribution in [3.05, 3.63) is 71.3 Å². The Morgan fingerprint density at radius 2 is 1.67 bits per heavy atom. The number of hydrogen-bond donors (Lipinski definition) is 0. The quantitative estimate of drug-likeness (QED) is 0.695. The number of benzene rings is 2. The highest BCUT2D eigenvalue weighted by molar-refractivity contribution is 5.28. The summed E-state index contributed by atoms with van der Waals surface area (Å²) in [6.45, 7) is 6.25. The molecular formula is C24H29F3N2O. The number of halogens is 3. The van der Waals surface area contributed by atoms with E-state index >= 15 is 0 Å². The van der Waals surface area contributed by atoms with Crippen LogP contribution in [0.5, 0.6) is 0 Å². The van der Waals surface area contributed by atoms with Crippen molar-refractivity contribution in [3.63, 3.8) is 0 Å². The minimum Gasteiger partial charge on any atom is -0.374 e. The molecule has 3 nitrogen and oxygen atoms in total.